The van der Waals surface area contributed by atoms with E-state index in [9.17, 15) is 4.79 Å². The number of para-hydroxylation sites is 1. The normalized spacial score (nSPS) is 10.5. The van der Waals surface area contributed by atoms with E-state index < -0.39 is 0 Å². The largest absolute Gasteiger partial charge is 0.497 e. The van der Waals surface area contributed by atoms with Crippen molar-refractivity contribution in [2.75, 3.05) is 12.4 Å². The second kappa shape index (κ2) is 8.48. The first-order chi connectivity index (χ1) is 14.6. The number of amides is 1. The summed E-state index contributed by atoms with van der Waals surface area (Å²) in [6, 6.07) is 24.0. The van der Waals surface area contributed by atoms with Crippen LogP contribution in [0.25, 0.3) is 5.69 Å². The van der Waals surface area contributed by atoms with E-state index >= 15 is 0 Å². The van der Waals surface area contributed by atoms with Crippen LogP contribution < -0.4 is 14.8 Å². The van der Waals surface area contributed by atoms with Crippen LogP contribution in [0, 0.1) is 6.92 Å². The molecule has 7 nitrogen and oxygen atoms in total. The summed E-state index contributed by atoms with van der Waals surface area (Å²) in [6.45, 7) is 1.80. The number of benzene rings is 3. The summed E-state index contributed by atoms with van der Waals surface area (Å²) in [5, 5.41) is 11.0. The zero-order valence-electron chi connectivity index (χ0n) is 16.6. The molecule has 0 aliphatic heterocycles. The standard InChI is InChI=1S/C23H20N4O3/c1-16-22(25-26-27(16)18-7-6-10-21(15-18)29-2)23(28)24-17-11-13-20(14-12-17)30-19-8-4-3-5-9-19/h3-15H,1-2H3,(H,24,28). The Morgan fingerprint density at radius 3 is 2.33 bits per heavy atom. The van der Waals surface area contributed by atoms with E-state index in [2.05, 4.69) is 15.6 Å². The van der Waals surface area contributed by atoms with Gasteiger partial charge in [-0.25, -0.2) is 4.68 Å². The van der Waals surface area contributed by atoms with Crippen LogP contribution in [0.4, 0.5) is 5.69 Å². The summed E-state index contributed by atoms with van der Waals surface area (Å²) >= 11 is 0. The molecule has 0 saturated carbocycles. The number of methoxy groups -OCH3 is 1. The van der Waals surface area contributed by atoms with Crippen LogP contribution >= 0.6 is 0 Å². The van der Waals surface area contributed by atoms with Gasteiger partial charge in [0.1, 0.15) is 17.2 Å². The smallest absolute Gasteiger partial charge is 0.278 e. The quantitative estimate of drug-likeness (QED) is 0.511. The zero-order chi connectivity index (χ0) is 20.9. The van der Waals surface area contributed by atoms with Crippen molar-refractivity contribution < 1.29 is 14.3 Å². The van der Waals surface area contributed by atoms with E-state index in [0.29, 0.717) is 22.9 Å². The SMILES string of the molecule is COc1cccc(-n2nnc(C(=O)Nc3ccc(Oc4ccccc4)cc3)c2C)c1. The van der Waals surface area contributed by atoms with Crippen LogP contribution in [-0.2, 0) is 0 Å². The first-order valence-corrected chi connectivity index (χ1v) is 9.35. The van der Waals surface area contributed by atoms with Gasteiger partial charge in [-0.2, -0.15) is 0 Å². The van der Waals surface area contributed by atoms with Crippen LogP contribution in [0.1, 0.15) is 16.2 Å². The van der Waals surface area contributed by atoms with Gasteiger partial charge in [0.15, 0.2) is 5.69 Å². The van der Waals surface area contributed by atoms with Gasteiger partial charge >= 0.3 is 0 Å². The summed E-state index contributed by atoms with van der Waals surface area (Å²) in [6.07, 6.45) is 0. The molecule has 0 bridgehead atoms. The van der Waals surface area contributed by atoms with Crippen LogP contribution in [-0.4, -0.2) is 28.0 Å². The van der Waals surface area contributed by atoms with Crippen molar-refractivity contribution in [2.45, 2.75) is 6.92 Å². The lowest BCUT2D eigenvalue weighted by molar-refractivity contribution is 0.102. The molecule has 0 radical (unpaired) electrons. The minimum atomic E-state index is -0.335. The Hall–Kier alpha value is -4.13. The molecule has 4 rings (SSSR count). The molecule has 0 saturated heterocycles. The highest BCUT2D eigenvalue weighted by molar-refractivity contribution is 6.03. The molecule has 0 atom stereocenters. The minimum Gasteiger partial charge on any atom is -0.497 e. The van der Waals surface area contributed by atoms with Gasteiger partial charge in [-0.3, -0.25) is 4.79 Å². The van der Waals surface area contributed by atoms with Crippen molar-refractivity contribution in [2.24, 2.45) is 0 Å². The van der Waals surface area contributed by atoms with Crippen molar-refractivity contribution in [1.82, 2.24) is 15.0 Å². The second-order valence-corrected chi connectivity index (χ2v) is 6.53. The summed E-state index contributed by atoms with van der Waals surface area (Å²) in [4.78, 5) is 12.7. The van der Waals surface area contributed by atoms with Crippen LogP contribution in [0.15, 0.2) is 78.9 Å². The molecule has 1 amide bonds. The summed E-state index contributed by atoms with van der Waals surface area (Å²) in [5.74, 6) is 1.79. The minimum absolute atomic E-state index is 0.252. The van der Waals surface area contributed by atoms with E-state index in [0.717, 1.165) is 11.4 Å². The van der Waals surface area contributed by atoms with E-state index in [-0.39, 0.29) is 11.6 Å². The fourth-order valence-electron chi connectivity index (χ4n) is 2.95. The summed E-state index contributed by atoms with van der Waals surface area (Å²) in [7, 11) is 1.60. The fraction of sp³-hybridized carbons (Fsp3) is 0.0870. The molecule has 4 aromatic rings. The van der Waals surface area contributed by atoms with Gasteiger partial charge in [-0.1, -0.05) is 29.5 Å². The Kier molecular flexibility index (Phi) is 5.43. The lowest BCUT2D eigenvalue weighted by Crippen LogP contribution is -2.14. The number of hydrogen-bond acceptors (Lipinski definition) is 5. The molecule has 150 valence electrons. The van der Waals surface area contributed by atoms with Gasteiger partial charge in [0.2, 0.25) is 0 Å². The lowest BCUT2D eigenvalue weighted by atomic mass is 10.2. The van der Waals surface area contributed by atoms with Crippen molar-refractivity contribution in [3.63, 3.8) is 0 Å². The number of aromatic nitrogens is 3. The first-order valence-electron chi connectivity index (χ1n) is 9.35. The number of ether oxygens (including phenoxy) is 2. The highest BCUT2D eigenvalue weighted by Gasteiger charge is 2.18. The number of rotatable bonds is 6. The third-order valence-electron chi connectivity index (χ3n) is 4.50. The monoisotopic (exact) mass is 400 g/mol. The van der Waals surface area contributed by atoms with Crippen LogP contribution in [0.5, 0.6) is 17.2 Å². The molecule has 3 aromatic carbocycles. The molecule has 0 aliphatic rings. The van der Waals surface area contributed by atoms with Gasteiger partial charge in [-0.15, -0.1) is 5.10 Å². The molecule has 0 aliphatic carbocycles. The Balaban J connectivity index is 1.47. The van der Waals surface area contributed by atoms with Gasteiger partial charge in [0.25, 0.3) is 5.91 Å². The van der Waals surface area contributed by atoms with Crippen molar-refractivity contribution in [1.29, 1.82) is 0 Å². The molecule has 0 fully saturated rings. The lowest BCUT2D eigenvalue weighted by Gasteiger charge is -2.08. The van der Waals surface area contributed by atoms with Crippen molar-refractivity contribution in [3.05, 3.63) is 90.3 Å². The first kappa shape index (κ1) is 19.2. The highest BCUT2D eigenvalue weighted by Crippen LogP contribution is 2.23. The van der Waals surface area contributed by atoms with Gasteiger partial charge in [0.05, 0.1) is 18.5 Å². The molecule has 0 spiro atoms. The number of nitrogens with one attached hydrogen (secondary N) is 1. The molecular formula is C23H20N4O3. The fourth-order valence-corrected chi connectivity index (χ4v) is 2.95. The molecular weight excluding hydrogens is 380 g/mol. The maximum atomic E-state index is 12.7. The molecule has 0 unspecified atom stereocenters. The van der Waals surface area contributed by atoms with E-state index in [1.165, 1.54) is 0 Å². The van der Waals surface area contributed by atoms with Crippen LogP contribution in [0.3, 0.4) is 0 Å². The van der Waals surface area contributed by atoms with E-state index in [1.807, 2.05) is 54.6 Å². The number of hydrogen-bond donors (Lipinski definition) is 1. The van der Waals surface area contributed by atoms with Gasteiger partial charge in [0, 0.05) is 11.8 Å². The average molecular weight is 400 g/mol. The van der Waals surface area contributed by atoms with Gasteiger partial charge < -0.3 is 14.8 Å². The Morgan fingerprint density at radius 1 is 0.900 bits per heavy atom. The topological polar surface area (TPSA) is 78.3 Å². The van der Waals surface area contributed by atoms with Crippen molar-refractivity contribution in [3.8, 4) is 22.9 Å². The summed E-state index contributed by atoms with van der Waals surface area (Å²) in [5.41, 5.74) is 2.28. The van der Waals surface area contributed by atoms with Crippen molar-refractivity contribution >= 4 is 11.6 Å². The third kappa shape index (κ3) is 4.15. The second-order valence-electron chi connectivity index (χ2n) is 6.53. The Labute approximate surface area is 173 Å². The maximum Gasteiger partial charge on any atom is 0.278 e. The molecule has 1 heterocycles. The number of nitrogens with zero attached hydrogens (tertiary/aromatic N) is 3. The molecule has 1 aromatic heterocycles. The van der Waals surface area contributed by atoms with E-state index in [4.69, 9.17) is 9.47 Å². The average Bonchev–Trinajstić information content (AvgIpc) is 3.17. The van der Waals surface area contributed by atoms with E-state index in [1.54, 1.807) is 43.0 Å². The zero-order valence-corrected chi connectivity index (χ0v) is 16.6. The third-order valence-corrected chi connectivity index (χ3v) is 4.50. The molecule has 1 N–H and O–H groups in total. The Bertz CT molecular complexity index is 1150. The predicted molar refractivity (Wildman–Crippen MR) is 114 cm³/mol. The van der Waals surface area contributed by atoms with Gasteiger partial charge in [-0.05, 0) is 55.5 Å². The van der Waals surface area contributed by atoms with Crippen LogP contribution in [0.2, 0.25) is 0 Å². The molecule has 30 heavy (non-hydrogen) atoms. The maximum absolute atomic E-state index is 12.7. The number of carbonyl (C=O) groups is 1. The summed E-state index contributed by atoms with van der Waals surface area (Å²) < 4.78 is 12.6. The highest BCUT2D eigenvalue weighted by atomic mass is 16.5. The predicted octanol–water partition coefficient (Wildman–Crippen LogP) is 4.63. The molecule has 7 heteroatoms. The number of anilines is 1. The number of carbonyl (C=O) groups excluding carboxylic acids is 1. The Morgan fingerprint density at radius 2 is 1.60 bits per heavy atom.